The van der Waals surface area contributed by atoms with Crippen LogP contribution in [-0.2, 0) is 6.42 Å². The summed E-state index contributed by atoms with van der Waals surface area (Å²) in [6, 6.07) is 9.62. The highest BCUT2D eigenvalue weighted by molar-refractivity contribution is 9.10. The van der Waals surface area contributed by atoms with E-state index in [4.69, 9.17) is 0 Å². The topological polar surface area (TPSA) is 30.0 Å². The minimum atomic E-state index is 0.107. The Hall–Kier alpha value is -1.48. The monoisotopic (exact) mass is 303 g/mol. The van der Waals surface area contributed by atoms with E-state index < -0.39 is 0 Å². The second-order valence-corrected chi connectivity index (χ2v) is 5.24. The smallest absolute Gasteiger partial charge is 0.169 e. The number of carbonyl (C=O) groups excluding carboxylic acids is 1. The molecule has 1 aromatic heterocycles. The highest BCUT2D eigenvalue weighted by atomic mass is 79.9. The van der Waals surface area contributed by atoms with E-state index in [9.17, 15) is 4.79 Å². The maximum absolute atomic E-state index is 12.3. The van der Waals surface area contributed by atoms with E-state index in [2.05, 4.69) is 20.9 Å². The Kier molecular flexibility index (Phi) is 3.92. The second-order valence-electron chi connectivity index (χ2n) is 4.33. The number of benzene rings is 1. The summed E-state index contributed by atoms with van der Waals surface area (Å²) in [7, 11) is 0. The van der Waals surface area contributed by atoms with Gasteiger partial charge in [-0.25, -0.2) is 0 Å². The van der Waals surface area contributed by atoms with Gasteiger partial charge in [0.15, 0.2) is 5.78 Å². The van der Waals surface area contributed by atoms with Crippen molar-refractivity contribution in [2.24, 2.45) is 0 Å². The van der Waals surface area contributed by atoms with Gasteiger partial charge < -0.3 is 0 Å². The minimum absolute atomic E-state index is 0.107. The summed E-state index contributed by atoms with van der Waals surface area (Å²) in [5.41, 5.74) is 3.66. The van der Waals surface area contributed by atoms with Crippen LogP contribution in [0.4, 0.5) is 0 Å². The second kappa shape index (κ2) is 5.44. The number of nitrogens with zero attached hydrogens (tertiary/aromatic N) is 1. The van der Waals surface area contributed by atoms with Gasteiger partial charge >= 0.3 is 0 Å². The number of pyridine rings is 1. The standard InChI is InChI=1S/C15H14BrNO/c1-10-5-6-12(16)8-13(10)15(18)9-14-11(2)4-3-7-17-14/h3-8H,9H2,1-2H3. The lowest BCUT2D eigenvalue weighted by Crippen LogP contribution is -2.08. The van der Waals surface area contributed by atoms with Crippen LogP contribution in [0.25, 0.3) is 0 Å². The molecule has 0 atom stereocenters. The molecule has 2 rings (SSSR count). The molecule has 0 fully saturated rings. The number of rotatable bonds is 3. The Balaban J connectivity index is 2.28. The fourth-order valence-corrected chi connectivity index (χ4v) is 2.21. The van der Waals surface area contributed by atoms with Gasteiger partial charge in [0.1, 0.15) is 0 Å². The molecule has 0 saturated heterocycles. The Morgan fingerprint density at radius 1 is 1.22 bits per heavy atom. The fourth-order valence-electron chi connectivity index (χ4n) is 1.85. The first-order valence-corrected chi connectivity index (χ1v) is 6.57. The number of halogens is 1. The number of aryl methyl sites for hydroxylation is 2. The molecule has 0 amide bonds. The van der Waals surface area contributed by atoms with Crippen molar-refractivity contribution in [3.8, 4) is 0 Å². The summed E-state index contributed by atoms with van der Waals surface area (Å²) >= 11 is 3.40. The van der Waals surface area contributed by atoms with E-state index in [0.717, 1.165) is 26.9 Å². The summed E-state index contributed by atoms with van der Waals surface area (Å²) < 4.78 is 0.925. The fraction of sp³-hybridized carbons (Fsp3) is 0.200. The zero-order valence-corrected chi connectivity index (χ0v) is 12.0. The molecule has 92 valence electrons. The van der Waals surface area contributed by atoms with Crippen LogP contribution in [0.1, 0.15) is 27.2 Å². The van der Waals surface area contributed by atoms with Gasteiger partial charge in [-0.3, -0.25) is 9.78 Å². The van der Waals surface area contributed by atoms with Gasteiger partial charge in [0.25, 0.3) is 0 Å². The first-order valence-electron chi connectivity index (χ1n) is 5.78. The van der Waals surface area contributed by atoms with Crippen molar-refractivity contribution in [3.05, 3.63) is 63.4 Å². The highest BCUT2D eigenvalue weighted by Crippen LogP contribution is 2.18. The van der Waals surface area contributed by atoms with Crippen LogP contribution in [-0.4, -0.2) is 10.8 Å². The highest BCUT2D eigenvalue weighted by Gasteiger charge is 2.12. The van der Waals surface area contributed by atoms with Crippen molar-refractivity contribution < 1.29 is 4.79 Å². The third-order valence-electron chi connectivity index (χ3n) is 2.95. The molecule has 2 nitrogen and oxygen atoms in total. The van der Waals surface area contributed by atoms with Crippen molar-refractivity contribution in [1.82, 2.24) is 4.98 Å². The molecule has 0 radical (unpaired) electrons. The summed E-state index contributed by atoms with van der Waals surface area (Å²) in [4.78, 5) is 16.5. The summed E-state index contributed by atoms with van der Waals surface area (Å²) in [6.07, 6.45) is 2.08. The summed E-state index contributed by atoms with van der Waals surface area (Å²) in [6.45, 7) is 3.92. The SMILES string of the molecule is Cc1ccc(Br)cc1C(=O)Cc1ncccc1C. The van der Waals surface area contributed by atoms with Crippen molar-refractivity contribution in [3.63, 3.8) is 0 Å². The predicted molar refractivity (Wildman–Crippen MR) is 75.9 cm³/mol. The van der Waals surface area contributed by atoms with Gasteiger partial charge in [0.05, 0.1) is 12.1 Å². The third-order valence-corrected chi connectivity index (χ3v) is 3.44. The largest absolute Gasteiger partial charge is 0.294 e. The molecule has 0 bridgehead atoms. The maximum Gasteiger partial charge on any atom is 0.169 e. The molecule has 0 aliphatic rings. The molecule has 2 aromatic rings. The number of hydrogen-bond donors (Lipinski definition) is 0. The van der Waals surface area contributed by atoms with Gasteiger partial charge in [-0.15, -0.1) is 0 Å². The summed E-state index contributed by atoms with van der Waals surface area (Å²) in [5, 5.41) is 0. The number of Topliss-reactive ketones (excluding diaryl/α,β-unsaturated/α-hetero) is 1. The van der Waals surface area contributed by atoms with Crippen molar-refractivity contribution in [1.29, 1.82) is 0 Å². The molecule has 18 heavy (non-hydrogen) atoms. The van der Waals surface area contributed by atoms with Crippen LogP contribution < -0.4 is 0 Å². The molecule has 0 aliphatic carbocycles. The maximum atomic E-state index is 12.3. The van der Waals surface area contributed by atoms with Crippen LogP contribution in [0.15, 0.2) is 41.0 Å². The number of carbonyl (C=O) groups is 1. The van der Waals surface area contributed by atoms with E-state index in [1.54, 1.807) is 6.20 Å². The lowest BCUT2D eigenvalue weighted by atomic mass is 10.00. The Labute approximate surface area is 115 Å². The minimum Gasteiger partial charge on any atom is -0.294 e. The van der Waals surface area contributed by atoms with Crippen LogP contribution >= 0.6 is 15.9 Å². The molecule has 0 unspecified atom stereocenters. The first-order chi connectivity index (χ1) is 8.58. The zero-order valence-electron chi connectivity index (χ0n) is 10.4. The van der Waals surface area contributed by atoms with E-state index in [1.807, 2.05) is 44.2 Å². The Morgan fingerprint density at radius 3 is 2.72 bits per heavy atom. The Morgan fingerprint density at radius 2 is 2.00 bits per heavy atom. The molecule has 0 aliphatic heterocycles. The number of ketones is 1. The van der Waals surface area contributed by atoms with Crippen molar-refractivity contribution in [2.75, 3.05) is 0 Å². The third kappa shape index (κ3) is 2.85. The van der Waals surface area contributed by atoms with Crippen molar-refractivity contribution in [2.45, 2.75) is 20.3 Å². The zero-order chi connectivity index (χ0) is 13.1. The lowest BCUT2D eigenvalue weighted by Gasteiger charge is -2.07. The average molecular weight is 304 g/mol. The average Bonchev–Trinajstić information content (AvgIpc) is 2.35. The van der Waals surface area contributed by atoms with Gasteiger partial charge in [0.2, 0.25) is 0 Å². The Bertz CT molecular complexity index is 593. The van der Waals surface area contributed by atoms with Crippen LogP contribution in [0, 0.1) is 13.8 Å². The molecule has 0 spiro atoms. The van der Waals surface area contributed by atoms with Crippen LogP contribution in [0.3, 0.4) is 0 Å². The number of aromatic nitrogens is 1. The molecule has 0 saturated carbocycles. The molecular weight excluding hydrogens is 290 g/mol. The summed E-state index contributed by atoms with van der Waals surface area (Å²) in [5.74, 6) is 0.107. The normalized spacial score (nSPS) is 10.4. The van der Waals surface area contributed by atoms with Gasteiger partial charge in [-0.05, 0) is 43.2 Å². The van der Waals surface area contributed by atoms with E-state index in [-0.39, 0.29) is 5.78 Å². The first kappa shape index (κ1) is 13.0. The molecule has 0 N–H and O–H groups in total. The molecule has 3 heteroatoms. The van der Waals surface area contributed by atoms with E-state index in [0.29, 0.717) is 6.42 Å². The van der Waals surface area contributed by atoms with Gasteiger partial charge in [-0.2, -0.15) is 0 Å². The van der Waals surface area contributed by atoms with Crippen LogP contribution in [0.2, 0.25) is 0 Å². The van der Waals surface area contributed by atoms with Gasteiger partial charge in [-0.1, -0.05) is 28.1 Å². The number of hydrogen-bond acceptors (Lipinski definition) is 2. The lowest BCUT2D eigenvalue weighted by molar-refractivity contribution is 0.0991. The van der Waals surface area contributed by atoms with E-state index >= 15 is 0 Å². The van der Waals surface area contributed by atoms with Crippen LogP contribution in [0.5, 0.6) is 0 Å². The predicted octanol–water partition coefficient (Wildman–Crippen LogP) is 3.89. The quantitative estimate of drug-likeness (QED) is 0.805. The molecule has 1 heterocycles. The van der Waals surface area contributed by atoms with Crippen molar-refractivity contribution >= 4 is 21.7 Å². The van der Waals surface area contributed by atoms with Gasteiger partial charge in [0, 0.05) is 16.2 Å². The molecular formula is C15H14BrNO. The molecule has 1 aromatic carbocycles. The van der Waals surface area contributed by atoms with E-state index in [1.165, 1.54) is 0 Å².